The highest BCUT2D eigenvalue weighted by molar-refractivity contribution is 5.05. The van der Waals surface area contributed by atoms with Gasteiger partial charge in [-0.3, -0.25) is 0 Å². The van der Waals surface area contributed by atoms with Gasteiger partial charge in [0.05, 0.1) is 18.8 Å². The van der Waals surface area contributed by atoms with Crippen LogP contribution in [0.1, 0.15) is 11.7 Å². The van der Waals surface area contributed by atoms with Gasteiger partial charge in [0.15, 0.2) is 0 Å². The van der Waals surface area contributed by atoms with Crippen LogP contribution in [0, 0.1) is 0 Å². The Morgan fingerprint density at radius 2 is 2.50 bits per heavy atom. The Morgan fingerprint density at radius 3 is 3.00 bits per heavy atom. The summed E-state index contributed by atoms with van der Waals surface area (Å²) in [5.74, 6) is 1.29. The fraction of sp³-hybridized carbons (Fsp3) is 0.556. The minimum absolute atomic E-state index is 0.315. The van der Waals surface area contributed by atoms with E-state index in [9.17, 15) is 0 Å². The number of nitrogens with one attached hydrogen (secondary N) is 1. The molecule has 0 bridgehead atoms. The van der Waals surface area contributed by atoms with Crippen LogP contribution in [-0.4, -0.2) is 27.3 Å². The standard InChI is InChI=1S/C9H15NO2/c1-10-6-8(7-11-2)9-4-3-5-12-9/h3-5,8,10H,6-7H2,1-2H3. The van der Waals surface area contributed by atoms with E-state index in [4.69, 9.17) is 9.15 Å². The third-order valence-electron chi connectivity index (χ3n) is 1.76. The molecule has 12 heavy (non-hydrogen) atoms. The largest absolute Gasteiger partial charge is 0.469 e. The second-order valence-electron chi connectivity index (χ2n) is 2.73. The molecule has 1 aromatic rings. The van der Waals surface area contributed by atoms with Crippen molar-refractivity contribution < 1.29 is 9.15 Å². The molecule has 0 fully saturated rings. The van der Waals surface area contributed by atoms with Gasteiger partial charge in [-0.15, -0.1) is 0 Å². The van der Waals surface area contributed by atoms with Crippen LogP contribution in [0.3, 0.4) is 0 Å². The van der Waals surface area contributed by atoms with Crippen molar-refractivity contribution in [2.45, 2.75) is 5.92 Å². The van der Waals surface area contributed by atoms with Crippen molar-refractivity contribution in [3.63, 3.8) is 0 Å². The Labute approximate surface area is 72.7 Å². The van der Waals surface area contributed by atoms with Crippen molar-refractivity contribution in [3.05, 3.63) is 24.2 Å². The molecule has 1 rings (SSSR count). The van der Waals surface area contributed by atoms with Gasteiger partial charge in [0.25, 0.3) is 0 Å². The van der Waals surface area contributed by atoms with Crippen molar-refractivity contribution in [2.24, 2.45) is 0 Å². The number of hydrogen-bond acceptors (Lipinski definition) is 3. The zero-order valence-electron chi connectivity index (χ0n) is 7.54. The first-order chi connectivity index (χ1) is 5.88. The average Bonchev–Trinajstić information content (AvgIpc) is 2.56. The summed E-state index contributed by atoms with van der Waals surface area (Å²) in [6.07, 6.45) is 1.69. The molecule has 0 radical (unpaired) electrons. The van der Waals surface area contributed by atoms with Gasteiger partial charge < -0.3 is 14.5 Å². The van der Waals surface area contributed by atoms with E-state index in [1.165, 1.54) is 0 Å². The van der Waals surface area contributed by atoms with Crippen LogP contribution in [-0.2, 0) is 4.74 Å². The fourth-order valence-corrected chi connectivity index (χ4v) is 1.21. The SMILES string of the molecule is CNCC(COC)c1ccco1. The molecule has 3 nitrogen and oxygen atoms in total. The van der Waals surface area contributed by atoms with Gasteiger partial charge in [0.2, 0.25) is 0 Å². The Hall–Kier alpha value is -0.800. The van der Waals surface area contributed by atoms with E-state index in [-0.39, 0.29) is 0 Å². The molecule has 0 aliphatic rings. The molecule has 1 atom stereocenters. The lowest BCUT2D eigenvalue weighted by atomic mass is 10.1. The second kappa shape index (κ2) is 4.95. The lowest BCUT2D eigenvalue weighted by molar-refractivity contribution is 0.170. The fourth-order valence-electron chi connectivity index (χ4n) is 1.21. The molecule has 0 aromatic carbocycles. The average molecular weight is 169 g/mol. The summed E-state index contributed by atoms with van der Waals surface area (Å²) in [7, 11) is 3.62. The highest BCUT2D eigenvalue weighted by Crippen LogP contribution is 2.15. The third-order valence-corrected chi connectivity index (χ3v) is 1.76. The highest BCUT2D eigenvalue weighted by Gasteiger charge is 2.12. The number of ether oxygens (including phenoxy) is 1. The molecule has 0 spiro atoms. The van der Waals surface area contributed by atoms with Crippen molar-refractivity contribution in [1.29, 1.82) is 0 Å². The maximum absolute atomic E-state index is 5.28. The molecule has 0 saturated carbocycles. The van der Waals surface area contributed by atoms with Crippen molar-refractivity contribution in [1.82, 2.24) is 5.32 Å². The molecule has 1 heterocycles. The van der Waals surface area contributed by atoms with E-state index >= 15 is 0 Å². The summed E-state index contributed by atoms with van der Waals surface area (Å²) >= 11 is 0. The normalized spacial score (nSPS) is 13.2. The lowest BCUT2D eigenvalue weighted by Crippen LogP contribution is -2.20. The highest BCUT2D eigenvalue weighted by atomic mass is 16.5. The summed E-state index contributed by atoms with van der Waals surface area (Å²) in [6, 6.07) is 3.87. The Bertz CT molecular complexity index is 190. The van der Waals surface area contributed by atoms with Gasteiger partial charge in [-0.2, -0.15) is 0 Å². The summed E-state index contributed by atoms with van der Waals surface area (Å²) < 4.78 is 10.4. The van der Waals surface area contributed by atoms with E-state index in [2.05, 4.69) is 5.32 Å². The molecular weight excluding hydrogens is 154 g/mol. The minimum Gasteiger partial charge on any atom is -0.469 e. The number of furan rings is 1. The first-order valence-electron chi connectivity index (χ1n) is 4.05. The monoisotopic (exact) mass is 169 g/mol. The maximum atomic E-state index is 5.28. The number of likely N-dealkylation sites (N-methyl/N-ethyl adjacent to an activating group) is 1. The predicted octanol–water partition coefficient (Wildman–Crippen LogP) is 1.23. The van der Waals surface area contributed by atoms with Crippen LogP contribution in [0.15, 0.2) is 22.8 Å². The first-order valence-corrected chi connectivity index (χ1v) is 4.05. The molecule has 0 aliphatic heterocycles. The van der Waals surface area contributed by atoms with Crippen molar-refractivity contribution in [2.75, 3.05) is 27.3 Å². The van der Waals surface area contributed by atoms with Crippen molar-refractivity contribution >= 4 is 0 Å². The van der Waals surface area contributed by atoms with Gasteiger partial charge >= 0.3 is 0 Å². The molecule has 3 heteroatoms. The number of rotatable bonds is 5. The van der Waals surface area contributed by atoms with Crippen LogP contribution in [0.4, 0.5) is 0 Å². The zero-order valence-corrected chi connectivity index (χ0v) is 7.54. The Balaban J connectivity index is 2.53. The lowest BCUT2D eigenvalue weighted by Gasteiger charge is -2.11. The van der Waals surface area contributed by atoms with Gasteiger partial charge in [-0.1, -0.05) is 0 Å². The predicted molar refractivity (Wildman–Crippen MR) is 47.3 cm³/mol. The number of hydrogen-bond donors (Lipinski definition) is 1. The maximum Gasteiger partial charge on any atom is 0.110 e. The van der Waals surface area contributed by atoms with Crippen LogP contribution in [0.25, 0.3) is 0 Å². The van der Waals surface area contributed by atoms with Gasteiger partial charge in [-0.05, 0) is 19.2 Å². The van der Waals surface area contributed by atoms with Crippen LogP contribution >= 0.6 is 0 Å². The smallest absolute Gasteiger partial charge is 0.110 e. The molecule has 0 amide bonds. The summed E-state index contributed by atoms with van der Waals surface area (Å²) in [4.78, 5) is 0. The second-order valence-corrected chi connectivity index (χ2v) is 2.73. The van der Waals surface area contributed by atoms with Gasteiger partial charge in [-0.25, -0.2) is 0 Å². The summed E-state index contributed by atoms with van der Waals surface area (Å²) in [5, 5.41) is 3.10. The topological polar surface area (TPSA) is 34.4 Å². The summed E-state index contributed by atoms with van der Waals surface area (Å²) in [5.41, 5.74) is 0. The Kier molecular flexibility index (Phi) is 3.84. The molecule has 1 aromatic heterocycles. The molecule has 0 saturated heterocycles. The molecular formula is C9H15NO2. The molecule has 1 unspecified atom stereocenters. The van der Waals surface area contributed by atoms with Crippen molar-refractivity contribution in [3.8, 4) is 0 Å². The number of methoxy groups -OCH3 is 1. The van der Waals surface area contributed by atoms with Gasteiger partial charge in [0.1, 0.15) is 5.76 Å². The zero-order chi connectivity index (χ0) is 8.81. The summed E-state index contributed by atoms with van der Waals surface area (Å²) in [6.45, 7) is 1.57. The molecule has 1 N–H and O–H groups in total. The van der Waals surface area contributed by atoms with E-state index in [0.717, 1.165) is 12.3 Å². The van der Waals surface area contributed by atoms with E-state index in [1.807, 2.05) is 19.2 Å². The van der Waals surface area contributed by atoms with Crippen LogP contribution in [0.2, 0.25) is 0 Å². The van der Waals surface area contributed by atoms with Crippen LogP contribution < -0.4 is 5.32 Å². The van der Waals surface area contributed by atoms with E-state index in [0.29, 0.717) is 12.5 Å². The molecule has 0 aliphatic carbocycles. The quantitative estimate of drug-likeness (QED) is 0.720. The first kappa shape index (κ1) is 9.29. The van der Waals surface area contributed by atoms with E-state index < -0.39 is 0 Å². The van der Waals surface area contributed by atoms with Crippen LogP contribution in [0.5, 0.6) is 0 Å². The van der Waals surface area contributed by atoms with E-state index in [1.54, 1.807) is 13.4 Å². The Morgan fingerprint density at radius 1 is 1.67 bits per heavy atom. The minimum atomic E-state index is 0.315. The molecule has 68 valence electrons. The third kappa shape index (κ3) is 2.36. The van der Waals surface area contributed by atoms with Gasteiger partial charge in [0, 0.05) is 13.7 Å².